The molecule has 0 fully saturated rings. The molecule has 0 aliphatic rings. The summed E-state index contributed by atoms with van der Waals surface area (Å²) in [6.45, 7) is 0. The first-order valence-corrected chi connectivity index (χ1v) is 14.3. The molecule has 0 bridgehead atoms. The van der Waals surface area contributed by atoms with Crippen molar-refractivity contribution in [3.63, 3.8) is 0 Å². The van der Waals surface area contributed by atoms with Crippen LogP contribution in [0.5, 0.6) is 0 Å². The maximum atomic E-state index is 5.33. The highest BCUT2D eigenvalue weighted by atomic mass is 32.1. The minimum atomic E-state index is 0.695. The number of rotatable bonds is 2. The number of nitrogens with zero attached hydrogens (tertiary/aromatic N) is 3. The summed E-state index contributed by atoms with van der Waals surface area (Å²) in [5.74, 6) is 0.695. The van der Waals surface area contributed by atoms with Gasteiger partial charge < -0.3 is 0 Å². The first kappa shape index (κ1) is 21.8. The van der Waals surface area contributed by atoms with E-state index in [1.165, 1.54) is 42.4 Å². The summed E-state index contributed by atoms with van der Waals surface area (Å²) in [7, 11) is 0. The number of hydrogen-bond acceptors (Lipinski definition) is 3. The zero-order valence-corrected chi connectivity index (χ0v) is 22.2. The van der Waals surface area contributed by atoms with Crippen molar-refractivity contribution in [2.24, 2.45) is 0 Å². The fraction of sp³-hybridized carbons (Fsp3) is 0. The highest BCUT2D eigenvalue weighted by molar-refractivity contribution is 7.26. The van der Waals surface area contributed by atoms with Crippen molar-refractivity contribution in [2.45, 2.75) is 0 Å². The van der Waals surface area contributed by atoms with Crippen molar-refractivity contribution in [1.82, 2.24) is 14.5 Å². The Morgan fingerprint density at radius 1 is 0.500 bits per heavy atom. The lowest BCUT2D eigenvalue weighted by Gasteiger charge is -2.10. The first-order valence-electron chi connectivity index (χ1n) is 13.4. The molecule has 9 rings (SSSR count). The third kappa shape index (κ3) is 2.99. The molecule has 0 saturated heterocycles. The molecule has 3 heterocycles. The molecule has 40 heavy (non-hydrogen) atoms. The van der Waals surface area contributed by atoms with Crippen molar-refractivity contribution in [2.75, 3.05) is 0 Å². The third-order valence-corrected chi connectivity index (χ3v) is 9.17. The number of hydrogen-bond donors (Lipinski definition) is 0. The molecule has 0 spiro atoms. The molecule has 0 radical (unpaired) electrons. The van der Waals surface area contributed by atoms with Crippen LogP contribution in [0.2, 0.25) is 0 Å². The van der Waals surface area contributed by atoms with Crippen LogP contribution in [0, 0.1) is 0 Å². The Morgan fingerprint density at radius 2 is 1.07 bits per heavy atom. The van der Waals surface area contributed by atoms with Gasteiger partial charge in [-0.2, -0.15) is 0 Å². The summed E-state index contributed by atoms with van der Waals surface area (Å²) in [4.78, 5) is 10.6. The molecule has 3 aromatic heterocycles. The van der Waals surface area contributed by atoms with E-state index < -0.39 is 0 Å². The molecule has 186 valence electrons. The first-order chi connectivity index (χ1) is 19.8. The van der Waals surface area contributed by atoms with E-state index in [0.29, 0.717) is 5.95 Å². The van der Waals surface area contributed by atoms with Gasteiger partial charge in [-0.3, -0.25) is 4.57 Å². The minimum Gasteiger partial charge on any atom is -0.278 e. The van der Waals surface area contributed by atoms with E-state index in [0.717, 1.165) is 32.5 Å². The Bertz CT molecular complexity index is 2340. The largest absolute Gasteiger partial charge is 0.278 e. The van der Waals surface area contributed by atoms with Crippen LogP contribution in [0.3, 0.4) is 0 Å². The standard InChI is InChI=1S/C36H21N3S/c1-2-12-24(13-3-1)33-35-34(27-16-8-9-17-30(27)40-35)38-36(37-33)39-28-20-18-22-10-4-6-14-25(22)31(28)32-26-15-7-5-11-23(26)19-21-29(32)39/h1-21H. The molecule has 0 saturated carbocycles. The fourth-order valence-electron chi connectivity index (χ4n) is 6.23. The molecule has 0 unspecified atom stereocenters. The van der Waals surface area contributed by atoms with Gasteiger partial charge in [-0.1, -0.05) is 109 Å². The van der Waals surface area contributed by atoms with Crippen molar-refractivity contribution >= 4 is 75.0 Å². The predicted molar refractivity (Wildman–Crippen MR) is 170 cm³/mol. The Morgan fingerprint density at radius 3 is 1.75 bits per heavy atom. The summed E-state index contributed by atoms with van der Waals surface area (Å²) in [6.07, 6.45) is 0. The summed E-state index contributed by atoms with van der Waals surface area (Å²) in [5.41, 5.74) is 5.30. The second kappa shape index (κ2) is 8.22. The number of thiophene rings is 1. The van der Waals surface area contributed by atoms with Crippen molar-refractivity contribution in [1.29, 1.82) is 0 Å². The quantitative estimate of drug-likeness (QED) is 0.224. The fourth-order valence-corrected chi connectivity index (χ4v) is 7.39. The predicted octanol–water partition coefficient (Wildman–Crippen LogP) is 9.91. The van der Waals surface area contributed by atoms with Crippen LogP contribution in [0.15, 0.2) is 127 Å². The number of benzene rings is 6. The maximum Gasteiger partial charge on any atom is 0.235 e. The topological polar surface area (TPSA) is 30.7 Å². The minimum absolute atomic E-state index is 0.695. The summed E-state index contributed by atoms with van der Waals surface area (Å²) < 4.78 is 4.61. The van der Waals surface area contributed by atoms with E-state index in [4.69, 9.17) is 9.97 Å². The van der Waals surface area contributed by atoms with Crippen LogP contribution in [-0.4, -0.2) is 14.5 Å². The number of fused-ring (bicyclic) bond motifs is 10. The van der Waals surface area contributed by atoms with Crippen LogP contribution < -0.4 is 0 Å². The molecule has 0 atom stereocenters. The lowest BCUT2D eigenvalue weighted by atomic mass is 10.00. The molecule has 4 heteroatoms. The van der Waals surface area contributed by atoms with Crippen LogP contribution in [0.4, 0.5) is 0 Å². The van der Waals surface area contributed by atoms with E-state index in [-0.39, 0.29) is 0 Å². The summed E-state index contributed by atoms with van der Waals surface area (Å²) in [5, 5.41) is 8.59. The highest BCUT2D eigenvalue weighted by Gasteiger charge is 2.21. The monoisotopic (exact) mass is 527 g/mol. The zero-order valence-electron chi connectivity index (χ0n) is 21.4. The molecule has 0 aliphatic carbocycles. The molecule has 3 nitrogen and oxygen atoms in total. The van der Waals surface area contributed by atoms with E-state index in [1.807, 2.05) is 0 Å². The van der Waals surface area contributed by atoms with Gasteiger partial charge in [-0.05, 0) is 39.7 Å². The smallest absolute Gasteiger partial charge is 0.235 e. The lowest BCUT2D eigenvalue weighted by molar-refractivity contribution is 1.02. The highest BCUT2D eigenvalue weighted by Crippen LogP contribution is 2.42. The van der Waals surface area contributed by atoms with Gasteiger partial charge >= 0.3 is 0 Å². The Labute approximate surface area is 233 Å². The average molecular weight is 528 g/mol. The average Bonchev–Trinajstić information content (AvgIpc) is 3.57. The van der Waals surface area contributed by atoms with Crippen molar-refractivity contribution in [3.8, 4) is 17.2 Å². The number of aromatic nitrogens is 3. The molecule has 0 amide bonds. The molecule has 9 aromatic rings. The van der Waals surface area contributed by atoms with Gasteiger partial charge in [0.25, 0.3) is 0 Å². The summed E-state index contributed by atoms with van der Waals surface area (Å²) in [6, 6.07) is 45.2. The van der Waals surface area contributed by atoms with Crippen LogP contribution in [0.1, 0.15) is 0 Å². The van der Waals surface area contributed by atoms with Crippen LogP contribution >= 0.6 is 11.3 Å². The molecule has 6 aromatic carbocycles. The van der Waals surface area contributed by atoms with Crippen molar-refractivity contribution < 1.29 is 0 Å². The van der Waals surface area contributed by atoms with Gasteiger partial charge in [0.05, 0.1) is 26.9 Å². The van der Waals surface area contributed by atoms with Gasteiger partial charge in [-0.15, -0.1) is 11.3 Å². The zero-order chi connectivity index (χ0) is 26.2. The second-order valence-corrected chi connectivity index (χ2v) is 11.3. The molecular weight excluding hydrogens is 506 g/mol. The molecule has 0 N–H and O–H groups in total. The van der Waals surface area contributed by atoms with E-state index in [9.17, 15) is 0 Å². The van der Waals surface area contributed by atoms with Crippen molar-refractivity contribution in [3.05, 3.63) is 127 Å². The lowest BCUT2D eigenvalue weighted by Crippen LogP contribution is -2.02. The Kier molecular flexibility index (Phi) is 4.48. The van der Waals surface area contributed by atoms with Gasteiger partial charge in [0, 0.05) is 26.4 Å². The summed E-state index contributed by atoms with van der Waals surface area (Å²) >= 11 is 1.77. The van der Waals surface area contributed by atoms with Gasteiger partial charge in [0.15, 0.2) is 0 Å². The van der Waals surface area contributed by atoms with E-state index >= 15 is 0 Å². The van der Waals surface area contributed by atoms with Gasteiger partial charge in [0.1, 0.15) is 0 Å². The van der Waals surface area contributed by atoms with Crippen LogP contribution in [-0.2, 0) is 0 Å². The SMILES string of the molecule is c1ccc(-c2nc(-n3c4ccc5ccccc5c4c4c5ccccc5ccc43)nc3c2sc2ccccc23)cc1. The van der Waals surface area contributed by atoms with Gasteiger partial charge in [-0.25, -0.2) is 9.97 Å². The molecular formula is C36H21N3S. The maximum absolute atomic E-state index is 5.33. The van der Waals surface area contributed by atoms with E-state index in [2.05, 4.69) is 132 Å². The Hall–Kier alpha value is -5.06. The Balaban J connectivity index is 1.50. The van der Waals surface area contributed by atoms with Crippen LogP contribution in [0.25, 0.3) is 80.9 Å². The van der Waals surface area contributed by atoms with Gasteiger partial charge in [0.2, 0.25) is 5.95 Å². The van der Waals surface area contributed by atoms with E-state index in [1.54, 1.807) is 11.3 Å². The normalized spacial score (nSPS) is 12.0. The third-order valence-electron chi connectivity index (χ3n) is 8.00. The molecule has 0 aliphatic heterocycles. The second-order valence-electron chi connectivity index (χ2n) is 10.2.